The van der Waals surface area contributed by atoms with Gasteiger partial charge in [0.25, 0.3) is 5.91 Å². The smallest absolute Gasteiger partial charge is 0.261 e. The Morgan fingerprint density at radius 2 is 2.00 bits per heavy atom. The van der Waals surface area contributed by atoms with Gasteiger partial charge in [-0.2, -0.15) is 0 Å². The maximum absolute atomic E-state index is 12.7. The van der Waals surface area contributed by atoms with Crippen molar-refractivity contribution in [2.24, 2.45) is 5.92 Å². The highest BCUT2D eigenvalue weighted by Crippen LogP contribution is 2.35. The number of nitrogens with zero attached hydrogens (tertiary/aromatic N) is 1. The van der Waals surface area contributed by atoms with E-state index in [9.17, 15) is 13.2 Å². The fourth-order valence-electron chi connectivity index (χ4n) is 3.82. The summed E-state index contributed by atoms with van der Waals surface area (Å²) in [7, 11) is -3.30. The molecule has 3 fully saturated rings. The number of amides is 1. The van der Waals surface area contributed by atoms with Gasteiger partial charge in [0.2, 0.25) is 10.0 Å². The summed E-state index contributed by atoms with van der Waals surface area (Å²) in [6.45, 7) is 3.28. The normalized spacial score (nSPS) is 24.1. The molecule has 4 heterocycles. The van der Waals surface area contributed by atoms with Gasteiger partial charge in [0.1, 0.15) is 0 Å². The zero-order chi connectivity index (χ0) is 19.7. The molecule has 150 valence electrons. The molecule has 6 nitrogen and oxygen atoms in total. The molecule has 1 aromatic carbocycles. The molecule has 1 atom stereocenters. The Kier molecular flexibility index (Phi) is 5.69. The number of sulfonamides is 1. The van der Waals surface area contributed by atoms with Crippen molar-refractivity contribution in [3.05, 3.63) is 41.3 Å². The van der Waals surface area contributed by atoms with Gasteiger partial charge in [-0.25, -0.2) is 8.42 Å². The molecular formula is C19H23N3O3S3. The van der Waals surface area contributed by atoms with Gasteiger partial charge in [-0.05, 0) is 62.2 Å². The van der Waals surface area contributed by atoms with Crippen molar-refractivity contribution < 1.29 is 13.2 Å². The second kappa shape index (κ2) is 8.06. The Labute approximate surface area is 173 Å². The minimum absolute atomic E-state index is 0.00286. The van der Waals surface area contributed by atoms with Crippen LogP contribution in [0.5, 0.6) is 0 Å². The van der Waals surface area contributed by atoms with Gasteiger partial charge in [-0.15, -0.1) is 11.3 Å². The van der Waals surface area contributed by atoms with Gasteiger partial charge in [0.15, 0.2) is 0 Å². The van der Waals surface area contributed by atoms with Crippen LogP contribution >= 0.6 is 23.1 Å². The third kappa shape index (κ3) is 4.89. The number of carbonyl (C=O) groups is 1. The predicted molar refractivity (Wildman–Crippen MR) is 114 cm³/mol. The first kappa shape index (κ1) is 19.8. The number of rotatable bonds is 6. The Bertz CT molecular complexity index is 966. The van der Waals surface area contributed by atoms with Gasteiger partial charge < -0.3 is 10.2 Å². The van der Waals surface area contributed by atoms with Gasteiger partial charge in [-0.3, -0.25) is 9.52 Å². The number of hydrogen-bond acceptors (Lipinski definition) is 6. The van der Waals surface area contributed by atoms with E-state index in [4.69, 9.17) is 0 Å². The van der Waals surface area contributed by atoms with Crippen molar-refractivity contribution in [1.82, 2.24) is 10.2 Å². The molecule has 2 bridgehead atoms. The lowest BCUT2D eigenvalue weighted by Crippen LogP contribution is -2.57. The largest absolute Gasteiger partial charge is 0.347 e. The van der Waals surface area contributed by atoms with E-state index in [2.05, 4.69) is 14.9 Å². The molecule has 3 aliphatic heterocycles. The summed E-state index contributed by atoms with van der Waals surface area (Å²) >= 11 is 2.98. The zero-order valence-corrected chi connectivity index (χ0v) is 18.0. The summed E-state index contributed by atoms with van der Waals surface area (Å²) in [5.74, 6) is 0.607. The van der Waals surface area contributed by atoms with Crippen LogP contribution in [0.25, 0.3) is 0 Å². The quantitative estimate of drug-likeness (QED) is 0.726. The number of nitrogens with one attached hydrogen (secondary N) is 2. The third-order valence-corrected chi connectivity index (χ3v) is 7.95. The molecular weight excluding hydrogens is 414 g/mol. The van der Waals surface area contributed by atoms with Gasteiger partial charge in [0, 0.05) is 23.2 Å². The molecule has 5 rings (SSSR count). The Hall–Kier alpha value is -1.55. The summed E-state index contributed by atoms with van der Waals surface area (Å²) in [4.78, 5) is 16.7. The number of thiophene rings is 1. The lowest BCUT2D eigenvalue weighted by atomic mass is 9.84. The highest BCUT2D eigenvalue weighted by molar-refractivity contribution is 8.01. The molecule has 28 heavy (non-hydrogen) atoms. The number of anilines is 1. The minimum atomic E-state index is -3.30. The lowest BCUT2D eigenvalue weighted by molar-refractivity contribution is 0.0622. The molecule has 0 unspecified atom stereocenters. The van der Waals surface area contributed by atoms with E-state index in [1.165, 1.54) is 35.9 Å². The van der Waals surface area contributed by atoms with Crippen LogP contribution < -0.4 is 10.0 Å². The van der Waals surface area contributed by atoms with Crippen molar-refractivity contribution in [3.8, 4) is 0 Å². The number of hydrogen-bond donors (Lipinski definition) is 2. The Morgan fingerprint density at radius 3 is 2.68 bits per heavy atom. The lowest BCUT2D eigenvalue weighted by Gasteiger charge is -2.44. The first-order valence-electron chi connectivity index (χ1n) is 9.24. The van der Waals surface area contributed by atoms with E-state index in [0.29, 0.717) is 16.5 Å². The van der Waals surface area contributed by atoms with Crippen LogP contribution in [-0.4, -0.2) is 51.2 Å². The van der Waals surface area contributed by atoms with Gasteiger partial charge in [0.05, 0.1) is 15.3 Å². The van der Waals surface area contributed by atoms with Crippen LogP contribution in [0.15, 0.2) is 45.5 Å². The van der Waals surface area contributed by atoms with Gasteiger partial charge >= 0.3 is 0 Å². The summed E-state index contributed by atoms with van der Waals surface area (Å²) in [6, 6.07) is 11.3. The Morgan fingerprint density at radius 1 is 1.21 bits per heavy atom. The summed E-state index contributed by atoms with van der Waals surface area (Å²) < 4.78 is 26.3. The van der Waals surface area contributed by atoms with Crippen molar-refractivity contribution in [2.45, 2.75) is 28.0 Å². The second-order valence-electron chi connectivity index (χ2n) is 7.34. The number of benzene rings is 1. The van der Waals surface area contributed by atoms with Crippen molar-refractivity contribution in [1.29, 1.82) is 0 Å². The monoisotopic (exact) mass is 437 g/mol. The first-order valence-corrected chi connectivity index (χ1v) is 12.8. The van der Waals surface area contributed by atoms with Crippen LogP contribution in [0.3, 0.4) is 0 Å². The average molecular weight is 438 g/mol. The summed E-state index contributed by atoms with van der Waals surface area (Å²) in [5, 5.41) is 3.22. The van der Waals surface area contributed by atoms with Crippen molar-refractivity contribution in [2.75, 3.05) is 30.6 Å². The summed E-state index contributed by atoms with van der Waals surface area (Å²) in [6.07, 6.45) is 3.48. The van der Waals surface area contributed by atoms with Crippen LogP contribution in [0, 0.1) is 5.92 Å². The number of carbonyl (C=O) groups excluding carboxylic acids is 1. The van der Waals surface area contributed by atoms with Gasteiger partial charge in [-0.1, -0.05) is 17.8 Å². The minimum Gasteiger partial charge on any atom is -0.347 e. The standard InChI is InChI=1S/C19H23N3O3S3/c1-28(24,25)21-14-3-2-4-15(11-14)26-18-6-5-17(27-18)19(23)20-16-12-22-9-7-13(16)8-10-22/h2-6,11,13,16,21H,7-10,12H2,1H3,(H,20,23)/t16-/m0/s1. The summed E-state index contributed by atoms with van der Waals surface area (Å²) in [5.41, 5.74) is 0.532. The van der Waals surface area contributed by atoms with E-state index in [-0.39, 0.29) is 11.9 Å². The molecule has 3 aliphatic rings. The third-order valence-electron chi connectivity index (χ3n) is 5.13. The van der Waals surface area contributed by atoms with E-state index in [0.717, 1.165) is 35.0 Å². The van der Waals surface area contributed by atoms with Crippen LogP contribution in [0.2, 0.25) is 0 Å². The molecule has 9 heteroatoms. The zero-order valence-electron chi connectivity index (χ0n) is 15.6. The maximum Gasteiger partial charge on any atom is 0.261 e. The van der Waals surface area contributed by atoms with E-state index >= 15 is 0 Å². The predicted octanol–water partition coefficient (Wildman–Crippen LogP) is 3.09. The molecule has 1 aromatic heterocycles. The number of piperidine rings is 3. The molecule has 0 spiro atoms. The highest BCUT2D eigenvalue weighted by atomic mass is 32.2. The second-order valence-corrected chi connectivity index (χ2v) is 11.5. The average Bonchev–Trinajstić information content (AvgIpc) is 3.10. The van der Waals surface area contributed by atoms with E-state index in [1.54, 1.807) is 12.1 Å². The number of fused-ring (bicyclic) bond motifs is 3. The molecule has 1 amide bonds. The Balaban J connectivity index is 1.39. The molecule has 0 saturated carbocycles. The van der Waals surface area contributed by atoms with Crippen molar-refractivity contribution >= 4 is 44.7 Å². The molecule has 2 N–H and O–H groups in total. The van der Waals surface area contributed by atoms with Crippen LogP contribution in [0.4, 0.5) is 5.69 Å². The fourth-order valence-corrected chi connectivity index (χ4v) is 6.44. The molecule has 3 saturated heterocycles. The fraction of sp³-hybridized carbons (Fsp3) is 0.421. The topological polar surface area (TPSA) is 78.5 Å². The van der Waals surface area contributed by atoms with E-state index < -0.39 is 10.0 Å². The molecule has 2 aromatic rings. The van der Waals surface area contributed by atoms with Crippen LogP contribution in [-0.2, 0) is 10.0 Å². The molecule has 0 radical (unpaired) electrons. The first-order chi connectivity index (χ1) is 13.4. The van der Waals surface area contributed by atoms with E-state index in [1.807, 2.05) is 24.3 Å². The SMILES string of the molecule is CS(=O)(=O)Nc1cccc(Sc2ccc(C(=O)N[C@H]3CN4CCC3CC4)s2)c1. The molecule has 0 aliphatic carbocycles. The van der Waals surface area contributed by atoms with Crippen molar-refractivity contribution in [3.63, 3.8) is 0 Å². The highest BCUT2D eigenvalue weighted by Gasteiger charge is 2.35. The maximum atomic E-state index is 12.7. The van der Waals surface area contributed by atoms with Crippen LogP contribution in [0.1, 0.15) is 22.5 Å².